The average molecular weight is 419 g/mol. The van der Waals surface area contributed by atoms with Gasteiger partial charge in [0, 0.05) is 11.3 Å². The van der Waals surface area contributed by atoms with E-state index in [1.54, 1.807) is 30.8 Å². The van der Waals surface area contributed by atoms with Crippen molar-refractivity contribution in [1.82, 2.24) is 4.98 Å². The van der Waals surface area contributed by atoms with Crippen LogP contribution in [-0.4, -0.2) is 34.5 Å². The maximum absolute atomic E-state index is 14.6. The van der Waals surface area contributed by atoms with Crippen molar-refractivity contribution in [3.05, 3.63) is 58.8 Å². The summed E-state index contributed by atoms with van der Waals surface area (Å²) in [6.07, 6.45) is 3.51. The molecule has 1 saturated heterocycles. The van der Waals surface area contributed by atoms with Crippen molar-refractivity contribution in [1.29, 1.82) is 0 Å². The van der Waals surface area contributed by atoms with Gasteiger partial charge < -0.3 is 14.5 Å². The molecule has 30 heavy (non-hydrogen) atoms. The topological polar surface area (TPSA) is 57.9 Å². The minimum atomic E-state index is -0.863. The Morgan fingerprint density at radius 3 is 2.60 bits per heavy atom. The number of carbonyl (C=O) groups excluding carboxylic acids is 2. The lowest BCUT2D eigenvalue weighted by Crippen LogP contribution is -2.55. The molecule has 1 aliphatic heterocycles. The molecule has 2 fully saturated rings. The molecule has 1 spiro atoms. The van der Waals surface area contributed by atoms with Crippen molar-refractivity contribution in [2.45, 2.75) is 38.5 Å². The van der Waals surface area contributed by atoms with Crippen LogP contribution in [0.2, 0.25) is 6.82 Å². The van der Waals surface area contributed by atoms with E-state index in [4.69, 9.17) is 18.8 Å². The third-order valence-electron chi connectivity index (χ3n) is 5.73. The molecule has 2 aliphatic rings. The number of pyridine rings is 1. The van der Waals surface area contributed by atoms with Crippen LogP contribution in [0.1, 0.15) is 35.2 Å². The van der Waals surface area contributed by atoms with Crippen LogP contribution in [0.5, 0.6) is 0 Å². The highest BCUT2D eigenvalue weighted by Crippen LogP contribution is 2.48. The van der Waals surface area contributed by atoms with Gasteiger partial charge in [-0.1, -0.05) is 13.4 Å². The van der Waals surface area contributed by atoms with Gasteiger partial charge in [0.15, 0.2) is 5.11 Å². The van der Waals surface area contributed by atoms with E-state index in [0.717, 1.165) is 6.42 Å². The summed E-state index contributed by atoms with van der Waals surface area (Å²) in [6, 6.07) is 6.01. The summed E-state index contributed by atoms with van der Waals surface area (Å²) in [4.78, 5) is 35.9. The van der Waals surface area contributed by atoms with Crippen LogP contribution in [0.4, 0.5) is 21.6 Å². The van der Waals surface area contributed by atoms with Crippen LogP contribution in [0.15, 0.2) is 30.5 Å². The minimum Gasteiger partial charge on any atom is -0.360 e. The Morgan fingerprint density at radius 1 is 1.33 bits per heavy atom. The highest BCUT2D eigenvalue weighted by Gasteiger charge is 2.59. The van der Waals surface area contributed by atoms with Crippen LogP contribution in [-0.2, 0) is 4.79 Å². The first-order valence-corrected chi connectivity index (χ1v) is 9.91. The van der Waals surface area contributed by atoms with Crippen molar-refractivity contribution in [3.63, 3.8) is 0 Å². The lowest BCUT2D eigenvalue weighted by molar-refractivity contribution is -0.123. The molecule has 0 unspecified atom stereocenters. The molecule has 149 valence electrons. The fraction of sp³-hybridized carbons (Fsp3) is 0.286. The molecule has 1 saturated carbocycles. The zero-order chi connectivity index (χ0) is 21.6. The Hall–Kier alpha value is -3.12. The van der Waals surface area contributed by atoms with E-state index >= 15 is 0 Å². The number of hydrogen-bond donors (Lipinski definition) is 0. The van der Waals surface area contributed by atoms with Crippen molar-refractivity contribution < 1.29 is 14.0 Å². The molecular formula is C21H17BFN4O2S. The van der Waals surface area contributed by atoms with Gasteiger partial charge in [-0.05, 0) is 68.2 Å². The van der Waals surface area contributed by atoms with E-state index in [0.29, 0.717) is 29.8 Å². The zero-order valence-electron chi connectivity index (χ0n) is 16.5. The number of nitrogens with zero attached hydrogens (tertiary/aromatic N) is 4. The monoisotopic (exact) mass is 419 g/mol. The first-order chi connectivity index (χ1) is 14.3. The highest BCUT2D eigenvalue weighted by atomic mass is 32.1. The number of rotatable bonds is 4. The molecule has 1 aromatic carbocycles. The second-order valence-electron chi connectivity index (χ2n) is 7.41. The number of aryl methyl sites for hydroxylation is 1. The minimum absolute atomic E-state index is 0.0215. The van der Waals surface area contributed by atoms with Crippen LogP contribution in [0, 0.1) is 19.3 Å². The fourth-order valence-corrected chi connectivity index (χ4v) is 4.47. The second kappa shape index (κ2) is 7.29. The molecule has 1 aromatic heterocycles. The standard InChI is InChI=1S/C21H17BFN4O2S/c1-12-9-14(11-25-18(12)24-3)26-19(29)21(7-4-8-21)27(20(26)30)13-5-6-15(16(23)10-13)17(28)22-2/h5-6,9-11H,4,7-8H2,1-2H3. The summed E-state index contributed by atoms with van der Waals surface area (Å²) < 4.78 is 14.6. The van der Waals surface area contributed by atoms with Crippen LogP contribution in [0.25, 0.3) is 4.85 Å². The van der Waals surface area contributed by atoms with E-state index in [2.05, 4.69) is 9.83 Å². The zero-order valence-corrected chi connectivity index (χ0v) is 17.3. The van der Waals surface area contributed by atoms with Crippen LogP contribution in [0.3, 0.4) is 0 Å². The molecule has 4 rings (SSSR count). The van der Waals surface area contributed by atoms with Gasteiger partial charge in [-0.3, -0.25) is 9.69 Å². The number of amides is 1. The summed E-state index contributed by atoms with van der Waals surface area (Å²) in [6.45, 7) is 10.5. The number of carbonyl (C=O) groups is 2. The summed E-state index contributed by atoms with van der Waals surface area (Å²) in [5.41, 5.74) is 0.272. The summed E-state index contributed by atoms with van der Waals surface area (Å²) in [5.74, 6) is -0.572. The predicted molar refractivity (Wildman–Crippen MR) is 117 cm³/mol. The molecule has 2 aromatic rings. The van der Waals surface area contributed by atoms with Crippen LogP contribution < -0.4 is 9.80 Å². The first-order valence-electron chi connectivity index (χ1n) is 9.50. The molecule has 6 nitrogen and oxygen atoms in total. The van der Waals surface area contributed by atoms with E-state index < -0.39 is 17.0 Å². The third-order valence-corrected chi connectivity index (χ3v) is 6.10. The number of anilines is 2. The van der Waals surface area contributed by atoms with Crippen molar-refractivity contribution >= 4 is 53.4 Å². The van der Waals surface area contributed by atoms with Crippen LogP contribution >= 0.6 is 12.2 Å². The van der Waals surface area contributed by atoms with Gasteiger partial charge in [-0.15, -0.1) is 4.98 Å². The van der Waals surface area contributed by atoms with E-state index in [-0.39, 0.29) is 22.4 Å². The van der Waals surface area contributed by atoms with Gasteiger partial charge in [0.2, 0.25) is 7.28 Å². The third kappa shape index (κ3) is 2.83. The number of benzene rings is 1. The van der Waals surface area contributed by atoms with Crippen molar-refractivity contribution in [2.24, 2.45) is 0 Å². The smallest absolute Gasteiger partial charge is 0.272 e. The average Bonchev–Trinajstić information content (AvgIpc) is 2.94. The molecular weight excluding hydrogens is 402 g/mol. The van der Waals surface area contributed by atoms with Gasteiger partial charge in [0.25, 0.3) is 11.7 Å². The highest BCUT2D eigenvalue weighted by molar-refractivity contribution is 7.81. The van der Waals surface area contributed by atoms with Gasteiger partial charge in [-0.2, -0.15) is 0 Å². The molecule has 1 radical (unpaired) electrons. The molecule has 0 atom stereocenters. The summed E-state index contributed by atoms with van der Waals surface area (Å²) >= 11 is 5.65. The molecule has 0 N–H and O–H groups in total. The predicted octanol–water partition coefficient (Wildman–Crippen LogP) is 4.03. The maximum atomic E-state index is 14.6. The van der Waals surface area contributed by atoms with Crippen molar-refractivity contribution in [2.75, 3.05) is 9.80 Å². The molecule has 9 heteroatoms. The Kier molecular flexibility index (Phi) is 4.90. The lowest BCUT2D eigenvalue weighted by Gasteiger charge is -2.43. The number of hydrogen-bond acceptors (Lipinski definition) is 4. The van der Waals surface area contributed by atoms with Gasteiger partial charge in [-0.25, -0.2) is 4.39 Å². The quantitative estimate of drug-likeness (QED) is 0.426. The van der Waals surface area contributed by atoms with E-state index in [9.17, 15) is 14.0 Å². The normalized spacial score (nSPS) is 17.1. The largest absolute Gasteiger partial charge is 0.360 e. The lowest BCUT2D eigenvalue weighted by atomic mass is 9.73. The summed E-state index contributed by atoms with van der Waals surface area (Å²) in [7, 11) is 1.30. The Labute approximate surface area is 179 Å². The number of halogens is 1. The SMILES string of the molecule is [C-]#[N+]c1ncc(N2C(=O)C3(CCC3)N(c3ccc(C(=O)[B]C)c(F)c3)C2=S)cc1C. The number of thiocarbonyl (C=S) groups is 1. The van der Waals surface area contributed by atoms with Gasteiger partial charge >= 0.3 is 0 Å². The van der Waals surface area contributed by atoms with Gasteiger partial charge in [0.05, 0.1) is 5.69 Å². The Balaban J connectivity index is 1.78. The first kappa shape index (κ1) is 20.2. The summed E-state index contributed by atoms with van der Waals surface area (Å²) in [5, 5.41) is 0.233. The van der Waals surface area contributed by atoms with E-state index in [1.807, 2.05) is 0 Å². The fourth-order valence-electron chi connectivity index (χ4n) is 4.00. The Bertz CT molecular complexity index is 1140. The second-order valence-corrected chi connectivity index (χ2v) is 7.77. The van der Waals surface area contributed by atoms with E-state index in [1.165, 1.54) is 30.5 Å². The molecule has 0 bridgehead atoms. The number of aromatic nitrogens is 1. The Morgan fingerprint density at radius 2 is 2.07 bits per heavy atom. The maximum Gasteiger partial charge on any atom is 0.272 e. The molecule has 2 heterocycles. The van der Waals surface area contributed by atoms with Crippen molar-refractivity contribution in [3.8, 4) is 0 Å². The molecule has 1 amide bonds. The van der Waals surface area contributed by atoms with Gasteiger partial charge in [0.1, 0.15) is 23.2 Å². The molecule has 1 aliphatic carbocycles.